The van der Waals surface area contributed by atoms with Gasteiger partial charge in [-0.15, -0.1) is 11.3 Å². The minimum Gasteiger partial charge on any atom is -0.495 e. The van der Waals surface area contributed by atoms with Gasteiger partial charge in [-0.1, -0.05) is 12.1 Å². The lowest BCUT2D eigenvalue weighted by Gasteiger charge is -2.10. The first-order valence-electron chi connectivity index (χ1n) is 8.50. The van der Waals surface area contributed by atoms with Crippen LogP contribution in [0.25, 0.3) is 0 Å². The molecule has 3 aromatic rings. The number of hydrogen-bond acceptors (Lipinski definition) is 4. The molecule has 0 saturated heterocycles. The number of nitrogens with one attached hydrogen (secondary N) is 2. The summed E-state index contributed by atoms with van der Waals surface area (Å²) in [6, 6.07) is 12.6. The largest absolute Gasteiger partial charge is 0.495 e. The number of anilines is 2. The Morgan fingerprint density at radius 1 is 1.00 bits per heavy atom. The van der Waals surface area contributed by atoms with E-state index in [0.717, 1.165) is 28.5 Å². The standard InChI is InChI=1S/C21H19FN2O3S/c1-12-7-8-17(27-3)16(9-12)23-21(26)19-13(2)10-18(28-19)24-20(25)14-5-4-6-15(22)11-14/h4-11H,1-3H3,(H,23,26)(H,24,25). The van der Waals surface area contributed by atoms with E-state index in [4.69, 9.17) is 4.74 Å². The second kappa shape index (κ2) is 8.22. The Balaban J connectivity index is 1.77. The van der Waals surface area contributed by atoms with Gasteiger partial charge in [-0.25, -0.2) is 4.39 Å². The summed E-state index contributed by atoms with van der Waals surface area (Å²) in [6.07, 6.45) is 0. The van der Waals surface area contributed by atoms with Gasteiger partial charge in [0.05, 0.1) is 22.7 Å². The van der Waals surface area contributed by atoms with Crippen molar-refractivity contribution in [2.45, 2.75) is 13.8 Å². The molecule has 1 heterocycles. The zero-order valence-corrected chi connectivity index (χ0v) is 16.4. The Hall–Kier alpha value is -3.19. The summed E-state index contributed by atoms with van der Waals surface area (Å²) in [7, 11) is 1.54. The molecule has 0 unspecified atom stereocenters. The Morgan fingerprint density at radius 3 is 2.50 bits per heavy atom. The molecule has 3 rings (SSSR count). The Morgan fingerprint density at radius 2 is 1.79 bits per heavy atom. The van der Waals surface area contributed by atoms with E-state index in [1.807, 2.05) is 19.1 Å². The van der Waals surface area contributed by atoms with Crippen LogP contribution in [0.4, 0.5) is 15.1 Å². The lowest BCUT2D eigenvalue weighted by Crippen LogP contribution is -2.12. The fraction of sp³-hybridized carbons (Fsp3) is 0.143. The van der Waals surface area contributed by atoms with Gasteiger partial charge in [0.2, 0.25) is 0 Å². The van der Waals surface area contributed by atoms with E-state index in [2.05, 4.69) is 10.6 Å². The number of ether oxygens (including phenoxy) is 1. The molecule has 0 aliphatic heterocycles. The van der Waals surface area contributed by atoms with Crippen molar-refractivity contribution in [1.29, 1.82) is 0 Å². The Bertz CT molecular complexity index is 1050. The van der Waals surface area contributed by atoms with Gasteiger partial charge >= 0.3 is 0 Å². The lowest BCUT2D eigenvalue weighted by molar-refractivity contribution is 0.101. The third-order valence-electron chi connectivity index (χ3n) is 4.05. The van der Waals surface area contributed by atoms with Crippen molar-refractivity contribution in [2.24, 2.45) is 0 Å². The molecule has 0 atom stereocenters. The maximum Gasteiger partial charge on any atom is 0.266 e. The molecule has 0 spiro atoms. The van der Waals surface area contributed by atoms with Gasteiger partial charge in [0.15, 0.2) is 0 Å². The van der Waals surface area contributed by atoms with E-state index < -0.39 is 11.7 Å². The van der Waals surface area contributed by atoms with E-state index >= 15 is 0 Å². The van der Waals surface area contributed by atoms with E-state index in [1.54, 1.807) is 19.1 Å². The maximum absolute atomic E-state index is 13.3. The van der Waals surface area contributed by atoms with E-state index in [0.29, 0.717) is 21.3 Å². The molecule has 2 amide bonds. The molecule has 2 N–H and O–H groups in total. The number of carbonyl (C=O) groups excluding carboxylic acids is 2. The van der Waals surface area contributed by atoms with Crippen LogP contribution in [0.5, 0.6) is 5.75 Å². The van der Waals surface area contributed by atoms with Gasteiger partial charge in [0, 0.05) is 5.56 Å². The number of hydrogen-bond donors (Lipinski definition) is 2. The molecule has 0 saturated carbocycles. The van der Waals surface area contributed by atoms with Crippen LogP contribution in [-0.2, 0) is 0 Å². The van der Waals surface area contributed by atoms with Gasteiger partial charge in [-0.3, -0.25) is 9.59 Å². The summed E-state index contributed by atoms with van der Waals surface area (Å²) < 4.78 is 18.6. The zero-order chi connectivity index (χ0) is 20.3. The molecule has 28 heavy (non-hydrogen) atoms. The first-order chi connectivity index (χ1) is 13.4. The second-order valence-corrected chi connectivity index (χ2v) is 7.30. The molecule has 0 aliphatic carbocycles. The molecular formula is C21H19FN2O3S. The van der Waals surface area contributed by atoms with Crippen molar-refractivity contribution in [3.8, 4) is 5.75 Å². The van der Waals surface area contributed by atoms with Crippen molar-refractivity contribution in [3.05, 3.63) is 75.9 Å². The van der Waals surface area contributed by atoms with Crippen molar-refractivity contribution in [1.82, 2.24) is 0 Å². The number of carbonyl (C=O) groups is 2. The highest BCUT2D eigenvalue weighted by Gasteiger charge is 2.17. The van der Waals surface area contributed by atoms with E-state index in [1.165, 1.54) is 25.3 Å². The predicted molar refractivity (Wildman–Crippen MR) is 109 cm³/mol. The van der Waals surface area contributed by atoms with Crippen LogP contribution in [0.2, 0.25) is 0 Å². The van der Waals surface area contributed by atoms with Crippen molar-refractivity contribution in [3.63, 3.8) is 0 Å². The van der Waals surface area contributed by atoms with Crippen LogP contribution in [0.1, 0.15) is 31.2 Å². The number of amides is 2. The zero-order valence-electron chi connectivity index (χ0n) is 15.6. The number of methoxy groups -OCH3 is 1. The lowest BCUT2D eigenvalue weighted by atomic mass is 10.2. The highest BCUT2D eigenvalue weighted by molar-refractivity contribution is 7.18. The Labute approximate surface area is 166 Å². The summed E-state index contributed by atoms with van der Waals surface area (Å²) in [4.78, 5) is 25.5. The molecule has 0 radical (unpaired) electrons. The van der Waals surface area contributed by atoms with Gasteiger partial charge in [0.1, 0.15) is 11.6 Å². The van der Waals surface area contributed by atoms with Crippen LogP contribution >= 0.6 is 11.3 Å². The number of thiophene rings is 1. The monoisotopic (exact) mass is 398 g/mol. The highest BCUT2D eigenvalue weighted by atomic mass is 32.1. The molecule has 0 fully saturated rings. The number of halogens is 1. The molecule has 7 heteroatoms. The quantitative estimate of drug-likeness (QED) is 0.634. The van der Waals surface area contributed by atoms with Crippen LogP contribution in [-0.4, -0.2) is 18.9 Å². The van der Waals surface area contributed by atoms with Crippen molar-refractivity contribution < 1.29 is 18.7 Å². The predicted octanol–water partition coefficient (Wildman–Crippen LogP) is 5.02. The first kappa shape index (κ1) is 19.6. The summed E-state index contributed by atoms with van der Waals surface area (Å²) in [5.41, 5.74) is 2.50. The van der Waals surface area contributed by atoms with Gasteiger partial charge in [-0.2, -0.15) is 0 Å². The Kier molecular flexibility index (Phi) is 5.75. The maximum atomic E-state index is 13.3. The number of rotatable bonds is 5. The van der Waals surface area contributed by atoms with Crippen LogP contribution in [0.3, 0.4) is 0 Å². The van der Waals surface area contributed by atoms with Crippen molar-refractivity contribution in [2.75, 3.05) is 17.7 Å². The van der Waals surface area contributed by atoms with Gasteiger partial charge in [-0.05, 0) is 61.4 Å². The summed E-state index contributed by atoms with van der Waals surface area (Å²) in [5.74, 6) is -0.652. The minimum atomic E-state index is -0.484. The van der Waals surface area contributed by atoms with Crippen LogP contribution in [0, 0.1) is 19.7 Å². The average molecular weight is 398 g/mol. The van der Waals surface area contributed by atoms with E-state index in [-0.39, 0.29) is 11.5 Å². The normalized spacial score (nSPS) is 10.4. The second-order valence-electron chi connectivity index (χ2n) is 6.25. The van der Waals surface area contributed by atoms with Crippen molar-refractivity contribution >= 4 is 33.8 Å². The average Bonchev–Trinajstić information content (AvgIpc) is 3.02. The molecule has 2 aromatic carbocycles. The number of benzene rings is 2. The van der Waals surface area contributed by atoms with E-state index in [9.17, 15) is 14.0 Å². The highest BCUT2D eigenvalue weighted by Crippen LogP contribution is 2.30. The topological polar surface area (TPSA) is 67.4 Å². The molecular weight excluding hydrogens is 379 g/mol. The molecule has 1 aromatic heterocycles. The molecule has 0 aliphatic rings. The molecule has 0 bridgehead atoms. The fourth-order valence-corrected chi connectivity index (χ4v) is 3.64. The molecule has 144 valence electrons. The molecule has 5 nitrogen and oxygen atoms in total. The third-order valence-corrected chi connectivity index (χ3v) is 5.20. The third kappa shape index (κ3) is 4.37. The summed E-state index contributed by atoms with van der Waals surface area (Å²) in [6.45, 7) is 3.71. The van der Waals surface area contributed by atoms with Crippen LogP contribution < -0.4 is 15.4 Å². The summed E-state index contributed by atoms with van der Waals surface area (Å²) in [5, 5.41) is 6.06. The van der Waals surface area contributed by atoms with Gasteiger partial charge in [0.25, 0.3) is 11.8 Å². The number of aryl methyl sites for hydroxylation is 2. The fourth-order valence-electron chi connectivity index (χ4n) is 2.68. The smallest absolute Gasteiger partial charge is 0.266 e. The summed E-state index contributed by atoms with van der Waals surface area (Å²) >= 11 is 1.15. The van der Waals surface area contributed by atoms with Gasteiger partial charge < -0.3 is 15.4 Å². The minimum absolute atomic E-state index is 0.210. The van der Waals surface area contributed by atoms with Crippen LogP contribution in [0.15, 0.2) is 48.5 Å². The SMILES string of the molecule is COc1ccc(C)cc1NC(=O)c1sc(NC(=O)c2cccc(F)c2)cc1C. The first-order valence-corrected chi connectivity index (χ1v) is 9.32.